The number of aryl methyl sites for hydroxylation is 1. The SMILES string of the molecule is Cc1nc(N[C@H](C)c2cccc(C(F)F)c2F)c2cc(OCc3ccccc3)cnc2n1. The largest absolute Gasteiger partial charge is 0.487 e. The molecule has 2 aromatic carbocycles. The number of anilines is 1. The number of aromatic nitrogens is 3. The molecule has 0 fully saturated rings. The Hall–Kier alpha value is -3.68. The lowest BCUT2D eigenvalue weighted by molar-refractivity contribution is 0.146. The van der Waals surface area contributed by atoms with Gasteiger partial charge in [-0.15, -0.1) is 0 Å². The van der Waals surface area contributed by atoms with Crippen LogP contribution in [0.2, 0.25) is 0 Å². The third-order valence-corrected chi connectivity index (χ3v) is 5.00. The van der Waals surface area contributed by atoms with Crippen molar-refractivity contribution < 1.29 is 17.9 Å². The number of ether oxygens (including phenoxy) is 1. The van der Waals surface area contributed by atoms with Crippen LogP contribution in [0.15, 0.2) is 60.8 Å². The number of nitrogens with zero attached hydrogens (tertiary/aromatic N) is 3. The van der Waals surface area contributed by atoms with Crippen molar-refractivity contribution in [1.82, 2.24) is 15.0 Å². The fourth-order valence-corrected chi connectivity index (χ4v) is 3.39. The molecule has 0 aliphatic rings. The predicted octanol–water partition coefficient (Wildman–Crippen LogP) is 6.16. The molecule has 2 aromatic heterocycles. The molecule has 2 heterocycles. The van der Waals surface area contributed by atoms with E-state index in [1.807, 2.05) is 30.3 Å². The molecule has 0 radical (unpaired) electrons. The van der Waals surface area contributed by atoms with Crippen molar-refractivity contribution in [2.45, 2.75) is 32.9 Å². The number of pyridine rings is 1. The first-order valence-electron chi connectivity index (χ1n) is 10.1. The number of rotatable bonds is 7. The van der Waals surface area contributed by atoms with Crippen molar-refractivity contribution in [2.24, 2.45) is 0 Å². The smallest absolute Gasteiger partial charge is 0.266 e. The molecule has 4 rings (SSSR count). The van der Waals surface area contributed by atoms with Crippen LogP contribution in [0, 0.1) is 12.7 Å². The van der Waals surface area contributed by atoms with E-state index in [4.69, 9.17) is 4.74 Å². The number of nitrogens with one attached hydrogen (secondary N) is 1. The summed E-state index contributed by atoms with van der Waals surface area (Å²) < 4.78 is 46.6. The summed E-state index contributed by atoms with van der Waals surface area (Å²) in [5, 5.41) is 3.70. The zero-order valence-corrected chi connectivity index (χ0v) is 17.5. The van der Waals surface area contributed by atoms with Crippen LogP contribution < -0.4 is 10.1 Å². The Morgan fingerprint density at radius 3 is 2.50 bits per heavy atom. The molecule has 1 atom stereocenters. The molecule has 8 heteroatoms. The first-order chi connectivity index (χ1) is 15.4. The summed E-state index contributed by atoms with van der Waals surface area (Å²) >= 11 is 0. The van der Waals surface area contributed by atoms with Gasteiger partial charge in [0.2, 0.25) is 0 Å². The first kappa shape index (κ1) is 21.5. The molecular formula is C24H21F3N4O. The summed E-state index contributed by atoms with van der Waals surface area (Å²) in [7, 11) is 0. The van der Waals surface area contributed by atoms with Gasteiger partial charge in [-0.05, 0) is 25.5 Å². The molecule has 164 valence electrons. The van der Waals surface area contributed by atoms with Crippen LogP contribution in [0.5, 0.6) is 5.75 Å². The van der Waals surface area contributed by atoms with E-state index in [1.165, 1.54) is 12.1 Å². The number of hydrogen-bond acceptors (Lipinski definition) is 5. The van der Waals surface area contributed by atoms with Gasteiger partial charge in [-0.25, -0.2) is 28.1 Å². The van der Waals surface area contributed by atoms with Crippen LogP contribution in [0.4, 0.5) is 19.0 Å². The number of halogens is 3. The highest BCUT2D eigenvalue weighted by molar-refractivity contribution is 5.87. The molecular weight excluding hydrogens is 417 g/mol. The van der Waals surface area contributed by atoms with Gasteiger partial charge in [0.15, 0.2) is 5.65 Å². The van der Waals surface area contributed by atoms with Crippen LogP contribution in [0.1, 0.15) is 41.9 Å². The molecule has 0 saturated carbocycles. The second kappa shape index (κ2) is 9.21. The summed E-state index contributed by atoms with van der Waals surface area (Å²) in [4.78, 5) is 13.1. The molecule has 4 aromatic rings. The topological polar surface area (TPSA) is 59.9 Å². The Kier molecular flexibility index (Phi) is 6.20. The Bertz CT molecular complexity index is 1230. The number of benzene rings is 2. The van der Waals surface area contributed by atoms with Crippen LogP contribution in [0.25, 0.3) is 11.0 Å². The maximum Gasteiger partial charge on any atom is 0.266 e. The Morgan fingerprint density at radius 2 is 1.75 bits per heavy atom. The van der Waals surface area contributed by atoms with Crippen LogP contribution >= 0.6 is 0 Å². The Balaban J connectivity index is 1.63. The zero-order valence-electron chi connectivity index (χ0n) is 17.5. The Morgan fingerprint density at radius 1 is 1.00 bits per heavy atom. The van der Waals surface area contributed by atoms with Crippen LogP contribution in [-0.4, -0.2) is 15.0 Å². The third kappa shape index (κ3) is 4.64. The summed E-state index contributed by atoms with van der Waals surface area (Å²) in [6.45, 7) is 3.76. The minimum absolute atomic E-state index is 0.122. The van der Waals surface area contributed by atoms with Gasteiger partial charge >= 0.3 is 0 Å². The summed E-state index contributed by atoms with van der Waals surface area (Å²) in [5.74, 6) is 0.483. The van der Waals surface area contributed by atoms with Gasteiger partial charge in [0.05, 0.1) is 23.2 Å². The molecule has 0 bridgehead atoms. The lowest BCUT2D eigenvalue weighted by Gasteiger charge is -2.18. The van der Waals surface area contributed by atoms with Crippen molar-refractivity contribution >= 4 is 16.9 Å². The summed E-state index contributed by atoms with van der Waals surface area (Å²) in [6.07, 6.45) is -1.31. The lowest BCUT2D eigenvalue weighted by atomic mass is 10.0. The first-order valence-corrected chi connectivity index (χ1v) is 10.1. The van der Waals surface area contributed by atoms with Gasteiger partial charge in [0, 0.05) is 5.56 Å². The van der Waals surface area contributed by atoms with E-state index in [-0.39, 0.29) is 5.56 Å². The molecule has 0 spiro atoms. The highest BCUT2D eigenvalue weighted by Crippen LogP contribution is 2.31. The molecule has 0 aliphatic heterocycles. The lowest BCUT2D eigenvalue weighted by Crippen LogP contribution is -2.12. The minimum atomic E-state index is -2.89. The Labute approximate surface area is 183 Å². The van der Waals surface area contributed by atoms with Gasteiger partial charge < -0.3 is 10.1 Å². The highest BCUT2D eigenvalue weighted by atomic mass is 19.3. The molecule has 0 aliphatic carbocycles. The van der Waals surface area contributed by atoms with Crippen molar-refractivity contribution in [3.05, 3.63) is 89.1 Å². The van der Waals surface area contributed by atoms with E-state index < -0.39 is 23.8 Å². The van der Waals surface area contributed by atoms with Gasteiger partial charge in [-0.2, -0.15) is 0 Å². The van der Waals surface area contributed by atoms with E-state index in [1.54, 1.807) is 26.1 Å². The van der Waals surface area contributed by atoms with E-state index in [9.17, 15) is 13.2 Å². The van der Waals surface area contributed by atoms with Crippen LogP contribution in [-0.2, 0) is 6.61 Å². The van der Waals surface area contributed by atoms with E-state index >= 15 is 0 Å². The van der Waals surface area contributed by atoms with E-state index in [2.05, 4.69) is 20.3 Å². The molecule has 0 unspecified atom stereocenters. The molecule has 1 N–H and O–H groups in total. The van der Waals surface area contributed by atoms with E-state index in [0.717, 1.165) is 11.6 Å². The summed E-state index contributed by atoms with van der Waals surface area (Å²) in [6, 6.07) is 14.8. The minimum Gasteiger partial charge on any atom is -0.487 e. The second-order valence-electron chi connectivity index (χ2n) is 7.35. The fourth-order valence-electron chi connectivity index (χ4n) is 3.39. The van der Waals surface area contributed by atoms with Crippen molar-refractivity contribution in [3.8, 4) is 5.75 Å². The van der Waals surface area contributed by atoms with Crippen molar-refractivity contribution in [1.29, 1.82) is 0 Å². The number of alkyl halides is 2. The quantitative estimate of drug-likeness (QED) is 0.374. The molecule has 0 saturated heterocycles. The third-order valence-electron chi connectivity index (χ3n) is 5.00. The standard InChI is InChI=1S/C24H21F3N4O/c1-14(18-9-6-10-19(21(18)25)22(26)27)29-24-20-11-17(12-28-23(20)30-15(2)31-24)32-13-16-7-4-3-5-8-16/h3-12,14,22H,13H2,1-2H3,(H,28,29,30,31)/t14-/m1/s1. The maximum atomic E-state index is 14.6. The predicted molar refractivity (Wildman–Crippen MR) is 116 cm³/mol. The maximum absolute atomic E-state index is 14.6. The zero-order chi connectivity index (χ0) is 22.7. The van der Waals surface area contributed by atoms with Crippen molar-refractivity contribution in [2.75, 3.05) is 5.32 Å². The van der Waals surface area contributed by atoms with Gasteiger partial charge in [0.1, 0.15) is 29.8 Å². The highest BCUT2D eigenvalue weighted by Gasteiger charge is 2.20. The summed E-state index contributed by atoms with van der Waals surface area (Å²) in [5.41, 5.74) is 0.949. The molecule has 0 amide bonds. The molecule has 5 nitrogen and oxygen atoms in total. The monoisotopic (exact) mass is 438 g/mol. The number of hydrogen-bond donors (Lipinski definition) is 1. The van der Waals surface area contributed by atoms with Crippen molar-refractivity contribution in [3.63, 3.8) is 0 Å². The van der Waals surface area contributed by atoms with Gasteiger partial charge in [-0.3, -0.25) is 0 Å². The van der Waals surface area contributed by atoms with Gasteiger partial charge in [-0.1, -0.05) is 48.5 Å². The molecule has 32 heavy (non-hydrogen) atoms. The average molecular weight is 438 g/mol. The number of fused-ring (bicyclic) bond motifs is 1. The normalized spacial score (nSPS) is 12.2. The van der Waals surface area contributed by atoms with Gasteiger partial charge in [0.25, 0.3) is 6.43 Å². The second-order valence-corrected chi connectivity index (χ2v) is 7.35. The van der Waals surface area contributed by atoms with E-state index in [0.29, 0.717) is 35.0 Å². The fraction of sp³-hybridized carbons (Fsp3) is 0.208. The average Bonchev–Trinajstić information content (AvgIpc) is 2.78. The van der Waals surface area contributed by atoms with Crippen LogP contribution in [0.3, 0.4) is 0 Å².